The molecule has 0 spiro atoms. The summed E-state index contributed by atoms with van der Waals surface area (Å²) < 4.78 is 7.23. The van der Waals surface area contributed by atoms with Gasteiger partial charge in [-0.25, -0.2) is 0 Å². The topological polar surface area (TPSA) is 55.3 Å². The smallest absolute Gasteiger partial charge is 0.133 e. The molecule has 5 aromatic rings. The molecule has 0 aliphatic carbocycles. The third-order valence-electron chi connectivity index (χ3n) is 7.09. The van der Waals surface area contributed by atoms with Gasteiger partial charge in [0.15, 0.2) is 0 Å². The Kier molecular flexibility index (Phi) is 12.2. The van der Waals surface area contributed by atoms with Crippen LogP contribution < -0.4 is 14.7 Å². The molecule has 0 saturated heterocycles. The van der Waals surface area contributed by atoms with Gasteiger partial charge in [0, 0.05) is 17.5 Å². The highest BCUT2D eigenvalue weighted by atomic mass is 35.5. The third-order valence-corrected chi connectivity index (χ3v) is 8.16. The minimum Gasteiger partial charge on any atom is -0.860 e. The number of benzene rings is 5. The van der Waals surface area contributed by atoms with E-state index in [9.17, 15) is 10.0 Å². The van der Waals surface area contributed by atoms with Gasteiger partial charge >= 0.3 is 0 Å². The van der Waals surface area contributed by atoms with Gasteiger partial charge < -0.3 is 23.7 Å². The van der Waals surface area contributed by atoms with Crippen LogP contribution in [-0.2, 0) is 12.8 Å². The molecule has 0 aromatic heterocycles. The average molecular weight is 652 g/mol. The first-order valence-corrected chi connectivity index (χ1v) is 16.3. The van der Waals surface area contributed by atoms with E-state index >= 15 is 0 Å². The monoisotopic (exact) mass is 650 g/mol. The second-order valence-corrected chi connectivity index (χ2v) is 15.4. The second-order valence-electron chi connectivity index (χ2n) is 14.6. The summed E-state index contributed by atoms with van der Waals surface area (Å²) in [6.45, 7) is 5.79. The van der Waals surface area contributed by atoms with E-state index in [1.54, 1.807) is 6.92 Å². The van der Waals surface area contributed by atoms with E-state index in [0.717, 1.165) is 39.2 Å². The van der Waals surface area contributed by atoms with Crippen molar-refractivity contribution in [3.05, 3.63) is 86.4 Å². The summed E-state index contributed by atoms with van der Waals surface area (Å²) in [4.78, 5) is 0. The summed E-state index contributed by atoms with van der Waals surface area (Å²) in [6, 6.07) is 17.4. The van der Waals surface area contributed by atoms with Crippen molar-refractivity contribution in [2.45, 2.75) is 46.5 Å². The molecule has 0 amide bonds. The summed E-state index contributed by atoms with van der Waals surface area (Å²) in [5.74, 6) is 0.202. The van der Waals surface area contributed by atoms with E-state index in [1.165, 1.54) is 32.5 Å². The first-order chi connectivity index (χ1) is 20.8. The van der Waals surface area contributed by atoms with Crippen LogP contribution in [0.5, 0.6) is 5.75 Å². The quantitative estimate of drug-likeness (QED) is 0.107. The number of nitrogens with zero attached hydrogens (tertiary/aromatic N) is 2. The third kappa shape index (κ3) is 9.71. The molecule has 0 atom stereocenters. The van der Waals surface area contributed by atoms with E-state index < -0.39 is 7.32 Å². The highest BCUT2D eigenvalue weighted by Gasteiger charge is 2.22. The van der Waals surface area contributed by atoms with Crippen molar-refractivity contribution in [2.75, 3.05) is 56.4 Å². The zero-order chi connectivity index (χ0) is 33.9. The fourth-order valence-electron chi connectivity index (χ4n) is 5.35. The summed E-state index contributed by atoms with van der Waals surface area (Å²) >= 11 is 13.3. The molecule has 0 heterocycles. The summed E-state index contributed by atoms with van der Waals surface area (Å²) in [5, 5.41) is 31.2. The molecule has 0 radical (unpaired) electrons. The lowest BCUT2D eigenvalue weighted by atomic mass is 9.85. The molecule has 0 fully saturated rings. The molecule has 0 N–H and O–H groups in total. The minimum absolute atomic E-state index is 0.202. The first-order valence-electron chi connectivity index (χ1n) is 15.5. The molecule has 0 unspecified atom stereocenters. The van der Waals surface area contributed by atoms with E-state index in [-0.39, 0.29) is 5.75 Å². The van der Waals surface area contributed by atoms with Gasteiger partial charge in [-0.2, -0.15) is 0 Å². The number of rotatable bonds is 7. The predicted molar refractivity (Wildman–Crippen MR) is 192 cm³/mol. The zero-order valence-electron chi connectivity index (χ0n) is 28.9. The van der Waals surface area contributed by atoms with E-state index in [2.05, 4.69) is 112 Å². The normalized spacial score (nSPS) is 11.8. The number of quaternary nitrogens is 2. The van der Waals surface area contributed by atoms with Gasteiger partial charge in [-0.1, -0.05) is 85.1 Å². The van der Waals surface area contributed by atoms with Gasteiger partial charge in [0.25, 0.3) is 0 Å². The molecule has 0 aliphatic rings. The highest BCUT2D eigenvalue weighted by Crippen LogP contribution is 2.43. The maximum Gasteiger partial charge on any atom is 0.133 e. The van der Waals surface area contributed by atoms with E-state index in [1.807, 2.05) is 6.92 Å². The zero-order valence-corrected chi connectivity index (χ0v) is 30.4. The van der Waals surface area contributed by atoms with Gasteiger partial charge in [0.2, 0.25) is 0 Å². The van der Waals surface area contributed by atoms with Crippen molar-refractivity contribution in [1.82, 2.24) is 0 Å². The van der Waals surface area contributed by atoms with Crippen LogP contribution in [0.25, 0.3) is 32.3 Å². The molecule has 45 heavy (non-hydrogen) atoms. The fraction of sp³-hybridized carbons (Fsp3) is 0.405. The SMILES string of the molecule is CCCCc1cc2ccc3cccc4ccc(c1Cc1c(Cl)c(C)c(Cl)c(C)c1OB([O-])[O-])c2c34.C[N+](C)(C)C.C[N+](C)(C)C. The van der Waals surface area contributed by atoms with E-state index in [0.29, 0.717) is 33.2 Å². The summed E-state index contributed by atoms with van der Waals surface area (Å²) in [7, 11) is 14.5. The van der Waals surface area contributed by atoms with Gasteiger partial charge in [0.1, 0.15) is 13.1 Å². The van der Waals surface area contributed by atoms with Gasteiger partial charge in [-0.3, -0.25) is 0 Å². The van der Waals surface area contributed by atoms with Gasteiger partial charge in [-0.15, -0.1) is 0 Å². The van der Waals surface area contributed by atoms with Crippen LogP contribution in [0.2, 0.25) is 10.0 Å². The number of hydrogen-bond donors (Lipinski definition) is 0. The number of unbranched alkanes of at least 4 members (excludes halogenated alkanes) is 1. The molecule has 242 valence electrons. The second kappa shape index (κ2) is 14.9. The lowest BCUT2D eigenvalue weighted by molar-refractivity contribution is -0.849. The molecule has 5 aromatic carbocycles. The predicted octanol–water partition coefficient (Wildman–Crippen LogP) is 7.17. The Bertz CT molecular complexity index is 1720. The maximum atomic E-state index is 11.5. The molecule has 5 nitrogen and oxygen atoms in total. The number of aryl methyl sites for hydroxylation is 1. The van der Waals surface area contributed by atoms with Crippen molar-refractivity contribution in [3.8, 4) is 5.75 Å². The van der Waals surface area contributed by atoms with Crippen molar-refractivity contribution < 1.29 is 23.7 Å². The van der Waals surface area contributed by atoms with Crippen LogP contribution in [0, 0.1) is 13.8 Å². The van der Waals surface area contributed by atoms with E-state index in [4.69, 9.17) is 27.9 Å². The highest BCUT2D eigenvalue weighted by molar-refractivity contribution is 6.37. The minimum atomic E-state index is -2.47. The Labute approximate surface area is 280 Å². The van der Waals surface area contributed by atoms with Crippen molar-refractivity contribution in [2.24, 2.45) is 0 Å². The van der Waals surface area contributed by atoms with Crippen molar-refractivity contribution in [1.29, 1.82) is 0 Å². The Morgan fingerprint density at radius 1 is 0.711 bits per heavy atom. The standard InChI is InChI=1S/C29H25BCl2O3.2C4H12N/c1-4-5-7-20-14-21-11-10-18-8-6-9-19-12-13-22(26(21)25(18)19)23(20)15-24-28(32)16(2)27(31)17(3)29(24)35-30(33)34;2*1-5(2,3)4/h6,8-14H,4-5,7,15H2,1-3H3;2*1-4H3/q-2;2*+1. The largest absolute Gasteiger partial charge is 0.860 e. The molecular weight excluding hydrogens is 602 g/mol. The van der Waals surface area contributed by atoms with Crippen LogP contribution in [0.4, 0.5) is 0 Å². The Hall–Kier alpha value is -2.58. The molecular formula is C37H49BCl2N2O3. The van der Waals surface area contributed by atoms with Crippen LogP contribution in [-0.4, -0.2) is 72.7 Å². The van der Waals surface area contributed by atoms with Gasteiger partial charge in [-0.05, 0) is 75.7 Å². The van der Waals surface area contributed by atoms with Crippen LogP contribution in [0.1, 0.15) is 47.6 Å². The van der Waals surface area contributed by atoms with Crippen LogP contribution in [0.15, 0.2) is 48.5 Å². The van der Waals surface area contributed by atoms with Crippen LogP contribution in [0.3, 0.4) is 0 Å². The lowest BCUT2D eigenvalue weighted by Gasteiger charge is -2.31. The van der Waals surface area contributed by atoms with Crippen molar-refractivity contribution in [3.63, 3.8) is 0 Å². The lowest BCUT2D eigenvalue weighted by Crippen LogP contribution is -2.50. The Morgan fingerprint density at radius 3 is 1.78 bits per heavy atom. The molecule has 5 rings (SSSR count). The van der Waals surface area contributed by atoms with Crippen LogP contribution >= 0.6 is 23.2 Å². The maximum absolute atomic E-state index is 11.5. The summed E-state index contributed by atoms with van der Waals surface area (Å²) in [5.41, 5.74) is 4.30. The number of hydrogen-bond acceptors (Lipinski definition) is 3. The average Bonchev–Trinajstić information content (AvgIpc) is 2.93. The molecule has 8 heteroatoms. The fourth-order valence-corrected chi connectivity index (χ4v) is 5.82. The van der Waals surface area contributed by atoms with Crippen molar-refractivity contribution >= 4 is 62.8 Å². The number of halogens is 2. The molecule has 0 saturated carbocycles. The summed E-state index contributed by atoms with van der Waals surface area (Å²) in [6.07, 6.45) is 3.49. The first kappa shape index (κ1) is 36.9. The Balaban J connectivity index is 0.000000482. The Morgan fingerprint density at radius 2 is 1.24 bits per heavy atom. The molecule has 0 bridgehead atoms. The van der Waals surface area contributed by atoms with Gasteiger partial charge in [0.05, 0.1) is 66.4 Å². The molecule has 0 aliphatic heterocycles.